The van der Waals surface area contributed by atoms with E-state index in [9.17, 15) is 5.11 Å². The fourth-order valence-corrected chi connectivity index (χ4v) is 2.43. The summed E-state index contributed by atoms with van der Waals surface area (Å²) in [6, 6.07) is 4.06. The fraction of sp³-hybridized carbons (Fsp3) is 0.625. The van der Waals surface area contributed by atoms with Gasteiger partial charge in [0.1, 0.15) is 17.6 Å². The predicted molar refractivity (Wildman–Crippen MR) is 79.4 cm³/mol. The van der Waals surface area contributed by atoms with Crippen molar-refractivity contribution in [1.82, 2.24) is 5.32 Å². The number of hydrogen-bond acceptors (Lipinski definition) is 4. The third kappa shape index (κ3) is 3.07. The summed E-state index contributed by atoms with van der Waals surface area (Å²) in [6.45, 7) is 6.95. The second kappa shape index (κ2) is 6.02. The standard InChI is InChI=1S/C16H25NO3/c1-5-16(3,10-18)17-9-13-8-14(19-4)7-12-6-11(2)20-15(12)13/h7-8,11,17-18H,5-6,9-10H2,1-4H3. The maximum Gasteiger partial charge on any atom is 0.127 e. The number of aliphatic hydroxyl groups excluding tert-OH is 1. The minimum atomic E-state index is -0.264. The first kappa shape index (κ1) is 15.1. The van der Waals surface area contributed by atoms with Crippen molar-refractivity contribution in [2.24, 2.45) is 0 Å². The predicted octanol–water partition coefficient (Wildman–Crippen LogP) is 2.27. The molecule has 4 nitrogen and oxygen atoms in total. The summed E-state index contributed by atoms with van der Waals surface area (Å²) in [5.41, 5.74) is 2.04. The average Bonchev–Trinajstić information content (AvgIpc) is 2.84. The van der Waals surface area contributed by atoms with Gasteiger partial charge in [0.15, 0.2) is 0 Å². The quantitative estimate of drug-likeness (QED) is 0.839. The van der Waals surface area contributed by atoms with Gasteiger partial charge in [-0.2, -0.15) is 0 Å². The third-order valence-corrected chi connectivity index (χ3v) is 4.11. The molecule has 0 fully saturated rings. The Morgan fingerprint density at radius 1 is 1.50 bits per heavy atom. The maximum atomic E-state index is 9.48. The number of aliphatic hydroxyl groups is 1. The van der Waals surface area contributed by atoms with Gasteiger partial charge in [-0.25, -0.2) is 0 Å². The van der Waals surface area contributed by atoms with Crippen molar-refractivity contribution in [2.75, 3.05) is 13.7 Å². The molecule has 2 unspecified atom stereocenters. The van der Waals surface area contributed by atoms with E-state index in [-0.39, 0.29) is 18.2 Å². The molecule has 0 aliphatic carbocycles. The van der Waals surface area contributed by atoms with Crippen molar-refractivity contribution in [3.8, 4) is 11.5 Å². The lowest BCUT2D eigenvalue weighted by atomic mass is 9.99. The third-order valence-electron chi connectivity index (χ3n) is 4.11. The Hall–Kier alpha value is -1.26. The van der Waals surface area contributed by atoms with E-state index in [1.165, 1.54) is 5.56 Å². The second-order valence-corrected chi connectivity index (χ2v) is 5.83. The number of hydrogen-bond donors (Lipinski definition) is 2. The van der Waals surface area contributed by atoms with Crippen LogP contribution in [0.15, 0.2) is 12.1 Å². The van der Waals surface area contributed by atoms with E-state index < -0.39 is 0 Å². The monoisotopic (exact) mass is 279 g/mol. The molecule has 0 bridgehead atoms. The number of nitrogens with one attached hydrogen (secondary N) is 1. The summed E-state index contributed by atoms with van der Waals surface area (Å²) in [5, 5.41) is 12.9. The molecule has 4 heteroatoms. The molecule has 1 aliphatic rings. The molecule has 0 amide bonds. The van der Waals surface area contributed by atoms with E-state index in [2.05, 4.69) is 19.2 Å². The van der Waals surface area contributed by atoms with Crippen molar-refractivity contribution < 1.29 is 14.6 Å². The molecule has 0 saturated carbocycles. The highest BCUT2D eigenvalue weighted by Crippen LogP contribution is 2.36. The number of rotatable bonds is 6. The lowest BCUT2D eigenvalue weighted by Gasteiger charge is -2.27. The van der Waals surface area contributed by atoms with E-state index in [1.54, 1.807) is 7.11 Å². The van der Waals surface area contributed by atoms with Crippen LogP contribution in [-0.2, 0) is 13.0 Å². The Kier molecular flexibility index (Phi) is 4.55. The lowest BCUT2D eigenvalue weighted by Crippen LogP contribution is -2.44. The topological polar surface area (TPSA) is 50.7 Å². The molecule has 2 rings (SSSR count). The van der Waals surface area contributed by atoms with Gasteiger partial charge >= 0.3 is 0 Å². The van der Waals surface area contributed by atoms with E-state index >= 15 is 0 Å². The molecule has 1 aromatic rings. The SMILES string of the molecule is CCC(C)(CO)NCc1cc(OC)cc2c1OC(C)C2. The Morgan fingerprint density at radius 3 is 2.85 bits per heavy atom. The van der Waals surface area contributed by atoms with E-state index in [0.29, 0.717) is 6.54 Å². The fourth-order valence-electron chi connectivity index (χ4n) is 2.43. The minimum Gasteiger partial charge on any atom is -0.497 e. The highest BCUT2D eigenvalue weighted by atomic mass is 16.5. The van der Waals surface area contributed by atoms with Gasteiger partial charge < -0.3 is 19.9 Å². The molecule has 1 aliphatic heterocycles. The Bertz CT molecular complexity index is 469. The summed E-state index contributed by atoms with van der Waals surface area (Å²) in [7, 11) is 1.68. The molecular formula is C16H25NO3. The molecule has 2 N–H and O–H groups in total. The van der Waals surface area contributed by atoms with Crippen molar-refractivity contribution in [2.45, 2.75) is 51.8 Å². The van der Waals surface area contributed by atoms with Gasteiger partial charge in [0.25, 0.3) is 0 Å². The van der Waals surface area contributed by atoms with Gasteiger partial charge in [0.05, 0.1) is 13.7 Å². The number of fused-ring (bicyclic) bond motifs is 1. The summed E-state index contributed by atoms with van der Waals surface area (Å²) in [6.07, 6.45) is 2.00. The zero-order chi connectivity index (χ0) is 14.8. The van der Waals surface area contributed by atoms with E-state index in [4.69, 9.17) is 9.47 Å². The maximum absolute atomic E-state index is 9.48. The largest absolute Gasteiger partial charge is 0.497 e. The first-order chi connectivity index (χ1) is 9.51. The Morgan fingerprint density at radius 2 is 2.25 bits per heavy atom. The molecule has 20 heavy (non-hydrogen) atoms. The molecule has 0 radical (unpaired) electrons. The summed E-state index contributed by atoms with van der Waals surface area (Å²) >= 11 is 0. The van der Waals surface area contributed by atoms with Crippen LogP contribution >= 0.6 is 0 Å². The van der Waals surface area contributed by atoms with Crippen LogP contribution in [0, 0.1) is 0 Å². The second-order valence-electron chi connectivity index (χ2n) is 5.83. The molecule has 1 aromatic carbocycles. The van der Waals surface area contributed by atoms with Gasteiger partial charge in [-0.15, -0.1) is 0 Å². The van der Waals surface area contributed by atoms with Crippen LogP contribution in [0.25, 0.3) is 0 Å². The minimum absolute atomic E-state index is 0.118. The van der Waals surface area contributed by atoms with Crippen LogP contribution in [0.1, 0.15) is 38.3 Å². The average molecular weight is 279 g/mol. The first-order valence-corrected chi connectivity index (χ1v) is 7.23. The van der Waals surface area contributed by atoms with Crippen LogP contribution in [0.4, 0.5) is 0 Å². The summed E-state index contributed by atoms with van der Waals surface area (Å²) in [4.78, 5) is 0. The zero-order valence-corrected chi connectivity index (χ0v) is 12.8. The van der Waals surface area contributed by atoms with Crippen molar-refractivity contribution in [3.63, 3.8) is 0 Å². The zero-order valence-electron chi connectivity index (χ0n) is 12.8. The van der Waals surface area contributed by atoms with Gasteiger partial charge in [-0.3, -0.25) is 0 Å². The van der Waals surface area contributed by atoms with Crippen molar-refractivity contribution >= 4 is 0 Å². The van der Waals surface area contributed by atoms with Crippen molar-refractivity contribution in [1.29, 1.82) is 0 Å². The van der Waals surface area contributed by atoms with Gasteiger partial charge in [-0.05, 0) is 32.4 Å². The lowest BCUT2D eigenvalue weighted by molar-refractivity contribution is 0.168. The molecule has 2 atom stereocenters. The normalized spacial score (nSPS) is 20.1. The molecule has 0 spiro atoms. The summed E-state index contributed by atoms with van der Waals surface area (Å²) < 4.78 is 11.3. The van der Waals surface area contributed by atoms with Crippen LogP contribution < -0.4 is 14.8 Å². The van der Waals surface area contributed by atoms with Crippen LogP contribution in [0.5, 0.6) is 11.5 Å². The van der Waals surface area contributed by atoms with Crippen LogP contribution in [0.3, 0.4) is 0 Å². The van der Waals surface area contributed by atoms with Crippen LogP contribution in [0.2, 0.25) is 0 Å². The highest BCUT2D eigenvalue weighted by Gasteiger charge is 2.25. The molecular weight excluding hydrogens is 254 g/mol. The molecule has 0 saturated heterocycles. The van der Waals surface area contributed by atoms with Crippen LogP contribution in [-0.4, -0.2) is 30.5 Å². The van der Waals surface area contributed by atoms with Gasteiger partial charge in [-0.1, -0.05) is 6.92 Å². The molecule has 112 valence electrons. The number of ether oxygens (including phenoxy) is 2. The highest BCUT2D eigenvalue weighted by molar-refractivity contribution is 5.49. The molecule has 0 aromatic heterocycles. The summed E-state index contributed by atoms with van der Waals surface area (Å²) in [5.74, 6) is 1.84. The first-order valence-electron chi connectivity index (χ1n) is 7.23. The van der Waals surface area contributed by atoms with E-state index in [1.807, 2.05) is 19.1 Å². The molecule has 1 heterocycles. The van der Waals surface area contributed by atoms with E-state index in [0.717, 1.165) is 29.9 Å². The van der Waals surface area contributed by atoms with Gasteiger partial charge in [0, 0.05) is 29.6 Å². The van der Waals surface area contributed by atoms with Gasteiger partial charge in [0.2, 0.25) is 0 Å². The number of benzene rings is 1. The van der Waals surface area contributed by atoms with Crippen molar-refractivity contribution in [3.05, 3.63) is 23.3 Å². The number of methoxy groups -OCH3 is 1. The Balaban J connectivity index is 2.21. The smallest absolute Gasteiger partial charge is 0.127 e. The Labute approximate surface area is 121 Å².